The quantitative estimate of drug-likeness (QED) is 0.625. The van der Waals surface area contributed by atoms with Gasteiger partial charge in [-0.2, -0.15) is 13.2 Å². The topological polar surface area (TPSA) is 47.4 Å². The van der Waals surface area contributed by atoms with Gasteiger partial charge in [0.15, 0.2) is 0 Å². The summed E-state index contributed by atoms with van der Waals surface area (Å²) >= 11 is 1.36. The first-order chi connectivity index (χ1) is 12.3. The summed E-state index contributed by atoms with van der Waals surface area (Å²) in [6, 6.07) is 7.24. The molecule has 0 spiro atoms. The van der Waals surface area contributed by atoms with Crippen molar-refractivity contribution in [3.63, 3.8) is 0 Å². The summed E-state index contributed by atoms with van der Waals surface area (Å²) in [5.41, 5.74) is 1.71. The largest absolute Gasteiger partial charge is 0.490 e. The van der Waals surface area contributed by atoms with Crippen molar-refractivity contribution in [1.29, 1.82) is 0 Å². The van der Waals surface area contributed by atoms with E-state index >= 15 is 0 Å². The average molecular weight is 383 g/mol. The highest BCUT2D eigenvalue weighted by atomic mass is 32.1. The Morgan fingerprint density at radius 1 is 1.23 bits per heavy atom. The van der Waals surface area contributed by atoms with Gasteiger partial charge in [-0.25, -0.2) is 4.99 Å². The van der Waals surface area contributed by atoms with Gasteiger partial charge in [-0.15, -0.1) is 10.2 Å². The maximum atomic E-state index is 13.0. The van der Waals surface area contributed by atoms with Gasteiger partial charge >= 0.3 is 6.18 Å². The zero-order valence-corrected chi connectivity index (χ0v) is 15.4. The number of hydrogen-bond acceptors (Lipinski definition) is 5. The summed E-state index contributed by atoms with van der Waals surface area (Å²) in [5, 5.41) is 9.44. The molecule has 1 fully saturated rings. The van der Waals surface area contributed by atoms with Gasteiger partial charge in [-0.05, 0) is 51.7 Å². The first-order valence-corrected chi connectivity index (χ1v) is 9.32. The van der Waals surface area contributed by atoms with Crippen molar-refractivity contribution in [3.8, 4) is 16.3 Å². The second-order valence-electron chi connectivity index (χ2n) is 6.62. The Morgan fingerprint density at radius 2 is 2.04 bits per heavy atom. The monoisotopic (exact) mass is 383 g/mol. The lowest BCUT2D eigenvalue weighted by atomic mass is 9.87. The molecule has 1 aliphatic rings. The third-order valence-electron chi connectivity index (χ3n) is 4.21. The molecule has 0 radical (unpaired) electrons. The second kappa shape index (κ2) is 7.73. The molecule has 26 heavy (non-hydrogen) atoms. The normalized spacial score (nSPS) is 20.7. The zero-order chi connectivity index (χ0) is 18.7. The Kier molecular flexibility index (Phi) is 5.60. The molecule has 0 aliphatic heterocycles. The molecule has 3 rings (SSSR count). The van der Waals surface area contributed by atoms with Crippen LogP contribution in [0.5, 0.6) is 5.75 Å². The van der Waals surface area contributed by atoms with Gasteiger partial charge < -0.3 is 4.74 Å². The fourth-order valence-electron chi connectivity index (χ4n) is 3.01. The fraction of sp³-hybridized carbons (Fsp3) is 0.500. The lowest BCUT2D eigenvalue weighted by molar-refractivity contribution is -0.188. The van der Waals surface area contributed by atoms with Crippen LogP contribution >= 0.6 is 11.3 Å². The van der Waals surface area contributed by atoms with Crippen molar-refractivity contribution in [2.45, 2.75) is 51.8 Å². The number of aromatic nitrogens is 2. The Morgan fingerprint density at radius 3 is 2.77 bits per heavy atom. The van der Waals surface area contributed by atoms with Crippen molar-refractivity contribution >= 4 is 22.2 Å². The number of ether oxygens (including phenoxy) is 1. The predicted octanol–water partition coefficient (Wildman–Crippen LogP) is 5.82. The maximum Gasteiger partial charge on any atom is 0.391 e. The molecule has 1 aliphatic carbocycles. The highest BCUT2D eigenvalue weighted by molar-refractivity contribution is 7.18. The van der Waals surface area contributed by atoms with Crippen molar-refractivity contribution in [1.82, 2.24) is 10.2 Å². The summed E-state index contributed by atoms with van der Waals surface area (Å²) in [7, 11) is 0. The molecular formula is C18H20F3N3OS. The van der Waals surface area contributed by atoms with Gasteiger partial charge in [0.2, 0.25) is 5.13 Å². The number of aliphatic imine (C=N–C) groups is 1. The van der Waals surface area contributed by atoms with Crippen LogP contribution < -0.4 is 4.74 Å². The fourth-order valence-corrected chi connectivity index (χ4v) is 3.82. The number of rotatable bonds is 4. The number of hydrogen-bond donors (Lipinski definition) is 0. The third kappa shape index (κ3) is 4.81. The molecule has 2 atom stereocenters. The minimum absolute atomic E-state index is 0.0151. The van der Waals surface area contributed by atoms with E-state index < -0.39 is 18.2 Å². The summed E-state index contributed by atoms with van der Waals surface area (Å²) in [6.45, 7) is 3.77. The van der Waals surface area contributed by atoms with Gasteiger partial charge in [-0.1, -0.05) is 23.5 Å². The molecule has 2 aromatic rings. The highest BCUT2D eigenvalue weighted by Gasteiger charge is 2.42. The number of alkyl halides is 3. The second-order valence-corrected chi connectivity index (χ2v) is 7.58. The van der Waals surface area contributed by atoms with E-state index in [9.17, 15) is 13.2 Å². The van der Waals surface area contributed by atoms with E-state index in [0.717, 1.165) is 11.3 Å². The summed E-state index contributed by atoms with van der Waals surface area (Å²) < 4.78 is 44.7. The number of nitrogens with zero attached hydrogens (tertiary/aromatic N) is 3. The van der Waals surface area contributed by atoms with E-state index in [-0.39, 0.29) is 12.8 Å². The van der Waals surface area contributed by atoms with Crippen molar-refractivity contribution in [3.05, 3.63) is 24.3 Å². The van der Waals surface area contributed by atoms with Crippen LogP contribution in [0.25, 0.3) is 10.6 Å². The van der Waals surface area contributed by atoms with Crippen molar-refractivity contribution < 1.29 is 17.9 Å². The van der Waals surface area contributed by atoms with Crippen LogP contribution in [0.2, 0.25) is 0 Å². The van der Waals surface area contributed by atoms with Crippen LogP contribution in [-0.2, 0) is 0 Å². The van der Waals surface area contributed by atoms with Gasteiger partial charge in [0.05, 0.1) is 12.0 Å². The van der Waals surface area contributed by atoms with Crippen LogP contribution in [0.1, 0.15) is 39.5 Å². The first-order valence-electron chi connectivity index (χ1n) is 8.50. The van der Waals surface area contributed by atoms with Crippen LogP contribution in [-0.4, -0.2) is 28.2 Å². The maximum absolute atomic E-state index is 13.0. The summed E-state index contributed by atoms with van der Waals surface area (Å²) in [5.74, 6) is -0.715. The summed E-state index contributed by atoms with van der Waals surface area (Å²) in [6.07, 6.45) is -3.18. The van der Waals surface area contributed by atoms with E-state index in [2.05, 4.69) is 15.2 Å². The van der Waals surface area contributed by atoms with Gasteiger partial charge in [0, 0.05) is 11.3 Å². The minimum atomic E-state index is -4.15. The molecular weight excluding hydrogens is 363 g/mol. The molecule has 4 nitrogen and oxygen atoms in total. The molecule has 1 saturated carbocycles. The van der Waals surface area contributed by atoms with Gasteiger partial charge in [0.1, 0.15) is 10.8 Å². The zero-order valence-electron chi connectivity index (χ0n) is 14.6. The van der Waals surface area contributed by atoms with E-state index in [1.165, 1.54) is 11.3 Å². The average Bonchev–Trinajstić information content (AvgIpc) is 3.02. The van der Waals surface area contributed by atoms with Gasteiger partial charge in [0.25, 0.3) is 0 Å². The number of halogens is 3. The molecule has 1 heterocycles. The third-order valence-corrected chi connectivity index (χ3v) is 5.07. The van der Waals surface area contributed by atoms with Crippen LogP contribution in [0.3, 0.4) is 0 Å². The lowest BCUT2D eigenvalue weighted by Gasteiger charge is -2.30. The van der Waals surface area contributed by atoms with Crippen LogP contribution in [0.4, 0.5) is 18.3 Å². The van der Waals surface area contributed by atoms with Crippen molar-refractivity contribution in [2.24, 2.45) is 10.9 Å². The Hall–Kier alpha value is -1.96. The van der Waals surface area contributed by atoms with E-state index in [4.69, 9.17) is 4.74 Å². The number of benzene rings is 1. The highest BCUT2D eigenvalue weighted by Crippen LogP contribution is 2.39. The van der Waals surface area contributed by atoms with E-state index in [1.807, 2.05) is 26.0 Å². The SMILES string of the molecule is CC(C)=Nc1nnc(-c2cccc(OC3CCCC(C(F)(F)F)C3)c2)s1. The van der Waals surface area contributed by atoms with Crippen molar-refractivity contribution in [2.75, 3.05) is 0 Å². The molecule has 0 N–H and O–H groups in total. The summed E-state index contributed by atoms with van der Waals surface area (Å²) in [4.78, 5) is 4.28. The van der Waals surface area contributed by atoms with Crippen LogP contribution in [0.15, 0.2) is 29.3 Å². The Balaban J connectivity index is 1.71. The molecule has 8 heteroatoms. The molecule has 0 saturated heterocycles. The first kappa shape index (κ1) is 18.8. The molecule has 0 bridgehead atoms. The molecule has 140 valence electrons. The lowest BCUT2D eigenvalue weighted by Crippen LogP contribution is -2.33. The Labute approximate surface area is 154 Å². The smallest absolute Gasteiger partial charge is 0.391 e. The van der Waals surface area contributed by atoms with E-state index in [1.54, 1.807) is 12.1 Å². The van der Waals surface area contributed by atoms with E-state index in [0.29, 0.717) is 28.7 Å². The van der Waals surface area contributed by atoms with Gasteiger partial charge in [-0.3, -0.25) is 0 Å². The van der Waals surface area contributed by atoms with Crippen LogP contribution in [0, 0.1) is 5.92 Å². The Bertz CT molecular complexity index is 784. The predicted molar refractivity (Wildman–Crippen MR) is 96.2 cm³/mol. The molecule has 1 aromatic heterocycles. The minimum Gasteiger partial charge on any atom is -0.490 e. The molecule has 0 amide bonds. The standard InChI is InChI=1S/C18H20F3N3OS/c1-11(2)22-17-24-23-16(26-17)12-5-3-7-14(9-12)25-15-8-4-6-13(10-15)18(19,20)21/h3,5,7,9,13,15H,4,6,8,10H2,1-2H3. The molecule has 2 unspecified atom stereocenters. The molecule has 1 aromatic carbocycles.